The van der Waals surface area contributed by atoms with E-state index in [0.717, 1.165) is 36.4 Å². The molecule has 1 aliphatic carbocycles. The molecular formula is C22H28N4O3S. The van der Waals surface area contributed by atoms with Gasteiger partial charge in [-0.25, -0.2) is 0 Å². The van der Waals surface area contributed by atoms with Crippen LogP contribution in [0.3, 0.4) is 0 Å². The molecule has 2 heterocycles. The number of aromatic nitrogens is 2. The van der Waals surface area contributed by atoms with Gasteiger partial charge in [-0.3, -0.25) is 9.59 Å². The number of carbonyl (C=O) groups excluding carboxylic acids is 2. The summed E-state index contributed by atoms with van der Waals surface area (Å²) < 4.78 is 5.18. The zero-order chi connectivity index (χ0) is 20.9. The number of methoxy groups -OCH3 is 1. The van der Waals surface area contributed by atoms with Crippen molar-refractivity contribution in [2.24, 2.45) is 5.92 Å². The number of hydrogen-bond acceptors (Lipinski definition) is 6. The molecule has 2 fully saturated rings. The number of amides is 2. The van der Waals surface area contributed by atoms with Crippen LogP contribution < -0.4 is 10.1 Å². The molecule has 7 nitrogen and oxygen atoms in total. The third kappa shape index (κ3) is 4.98. The van der Waals surface area contributed by atoms with Gasteiger partial charge in [-0.05, 0) is 37.0 Å². The van der Waals surface area contributed by atoms with Gasteiger partial charge in [-0.15, -0.1) is 10.2 Å². The highest BCUT2D eigenvalue weighted by Gasteiger charge is 2.38. The Hall–Kier alpha value is -2.48. The molecule has 2 amide bonds. The van der Waals surface area contributed by atoms with Crippen molar-refractivity contribution in [3.63, 3.8) is 0 Å². The first-order chi connectivity index (χ1) is 14.6. The number of aryl methyl sites for hydroxylation is 2. The Balaban J connectivity index is 1.27. The molecule has 4 rings (SSSR count). The van der Waals surface area contributed by atoms with E-state index in [1.54, 1.807) is 7.11 Å². The normalized spacial score (nSPS) is 19.8. The van der Waals surface area contributed by atoms with Crippen molar-refractivity contribution in [3.05, 3.63) is 34.8 Å². The van der Waals surface area contributed by atoms with Crippen LogP contribution in [0.5, 0.6) is 5.75 Å². The number of likely N-dealkylation sites (tertiary alicyclic amines) is 1. The van der Waals surface area contributed by atoms with Crippen LogP contribution in [0.1, 0.15) is 49.1 Å². The molecule has 1 N–H and O–H groups in total. The van der Waals surface area contributed by atoms with E-state index in [0.29, 0.717) is 24.1 Å². The predicted molar refractivity (Wildman–Crippen MR) is 116 cm³/mol. The Morgan fingerprint density at radius 2 is 1.93 bits per heavy atom. The summed E-state index contributed by atoms with van der Waals surface area (Å²) in [4.78, 5) is 27.0. The largest absolute Gasteiger partial charge is 0.497 e. The summed E-state index contributed by atoms with van der Waals surface area (Å²) in [6, 6.07) is 8.28. The second-order valence-corrected chi connectivity index (χ2v) is 9.14. The monoisotopic (exact) mass is 428 g/mol. The Bertz CT molecular complexity index is 877. The highest BCUT2D eigenvalue weighted by Crippen LogP contribution is 2.29. The Morgan fingerprint density at radius 3 is 2.67 bits per heavy atom. The molecule has 1 aliphatic heterocycles. The van der Waals surface area contributed by atoms with Crippen LogP contribution in [0.25, 0.3) is 0 Å². The maximum atomic E-state index is 12.7. The van der Waals surface area contributed by atoms with Crippen LogP contribution in [0, 0.1) is 5.92 Å². The smallest absolute Gasteiger partial charge is 0.231 e. The summed E-state index contributed by atoms with van der Waals surface area (Å²) in [6.07, 6.45) is 7.63. The molecule has 160 valence electrons. The van der Waals surface area contributed by atoms with Crippen molar-refractivity contribution in [2.75, 3.05) is 19.0 Å². The van der Waals surface area contributed by atoms with Gasteiger partial charge in [0.15, 0.2) is 0 Å². The molecule has 1 saturated heterocycles. The van der Waals surface area contributed by atoms with Crippen LogP contribution in [-0.4, -0.2) is 46.6 Å². The fourth-order valence-corrected chi connectivity index (χ4v) is 5.05. The van der Waals surface area contributed by atoms with Crippen LogP contribution in [0.15, 0.2) is 24.3 Å². The lowest BCUT2D eigenvalue weighted by atomic mass is 9.94. The highest BCUT2D eigenvalue weighted by molar-refractivity contribution is 7.15. The third-order valence-corrected chi connectivity index (χ3v) is 6.93. The molecule has 8 heteroatoms. The second kappa shape index (κ2) is 9.55. The van der Waals surface area contributed by atoms with Gasteiger partial charge in [0, 0.05) is 25.4 Å². The first-order valence-corrected chi connectivity index (χ1v) is 11.5. The molecule has 30 heavy (non-hydrogen) atoms. The predicted octanol–water partition coefficient (Wildman–Crippen LogP) is 3.45. The van der Waals surface area contributed by atoms with E-state index in [-0.39, 0.29) is 17.7 Å². The van der Waals surface area contributed by atoms with Crippen molar-refractivity contribution >= 4 is 28.3 Å². The molecule has 2 aromatic rings. The first-order valence-electron chi connectivity index (χ1n) is 10.7. The fraction of sp³-hybridized carbons (Fsp3) is 0.545. The topological polar surface area (TPSA) is 84.4 Å². The zero-order valence-corrected chi connectivity index (χ0v) is 18.1. The van der Waals surface area contributed by atoms with Crippen LogP contribution in [-0.2, 0) is 22.4 Å². The number of ether oxygens (including phenoxy) is 1. The maximum Gasteiger partial charge on any atom is 0.231 e. The van der Waals surface area contributed by atoms with Crippen molar-refractivity contribution in [1.29, 1.82) is 0 Å². The Kier molecular flexibility index (Phi) is 6.62. The highest BCUT2D eigenvalue weighted by atomic mass is 32.1. The van der Waals surface area contributed by atoms with E-state index in [2.05, 4.69) is 15.5 Å². The van der Waals surface area contributed by atoms with E-state index in [1.807, 2.05) is 29.2 Å². The van der Waals surface area contributed by atoms with Crippen LogP contribution in [0.4, 0.5) is 5.13 Å². The lowest BCUT2D eigenvalue weighted by molar-refractivity contribution is -0.130. The molecule has 0 spiro atoms. The third-order valence-electron chi connectivity index (χ3n) is 6.03. The summed E-state index contributed by atoms with van der Waals surface area (Å²) in [6.45, 7) is 0.526. The van der Waals surface area contributed by atoms with E-state index >= 15 is 0 Å². The molecule has 1 aromatic carbocycles. The minimum absolute atomic E-state index is 0.111. The quantitative estimate of drug-likeness (QED) is 0.730. The molecule has 1 saturated carbocycles. The minimum atomic E-state index is -0.300. The summed E-state index contributed by atoms with van der Waals surface area (Å²) in [5, 5.41) is 12.6. The van der Waals surface area contributed by atoms with Gasteiger partial charge in [0.1, 0.15) is 10.8 Å². The number of hydrogen-bond donors (Lipinski definition) is 1. The van der Waals surface area contributed by atoms with Gasteiger partial charge in [0.05, 0.1) is 13.0 Å². The Labute approximate surface area is 180 Å². The van der Waals surface area contributed by atoms with E-state index < -0.39 is 0 Å². The zero-order valence-electron chi connectivity index (χ0n) is 17.3. The van der Waals surface area contributed by atoms with Crippen molar-refractivity contribution in [2.45, 2.75) is 57.4 Å². The van der Waals surface area contributed by atoms with Crippen molar-refractivity contribution in [1.82, 2.24) is 15.1 Å². The van der Waals surface area contributed by atoms with Crippen molar-refractivity contribution < 1.29 is 14.3 Å². The van der Waals surface area contributed by atoms with Gasteiger partial charge in [0.2, 0.25) is 16.9 Å². The van der Waals surface area contributed by atoms with E-state index in [4.69, 9.17) is 4.74 Å². The molecule has 0 unspecified atom stereocenters. The lowest BCUT2D eigenvalue weighted by Crippen LogP contribution is -2.38. The van der Waals surface area contributed by atoms with Crippen LogP contribution >= 0.6 is 11.3 Å². The average molecular weight is 429 g/mol. The number of carbonyl (C=O) groups is 2. The maximum absolute atomic E-state index is 12.7. The van der Waals surface area contributed by atoms with Gasteiger partial charge >= 0.3 is 0 Å². The molecule has 0 bridgehead atoms. The number of nitrogens with zero attached hydrogens (tertiary/aromatic N) is 3. The van der Waals surface area contributed by atoms with Gasteiger partial charge in [0.25, 0.3) is 0 Å². The van der Waals surface area contributed by atoms with Gasteiger partial charge < -0.3 is 15.0 Å². The SMILES string of the molecule is COc1ccc(CCc2nnc(NC(=O)[C@H]3CC(=O)N(C4CCCCC4)C3)s2)cc1. The number of nitrogens with one attached hydrogen (secondary N) is 1. The summed E-state index contributed by atoms with van der Waals surface area (Å²) in [7, 11) is 1.65. The van der Waals surface area contributed by atoms with E-state index in [1.165, 1.54) is 36.2 Å². The molecule has 0 radical (unpaired) electrons. The average Bonchev–Trinajstić information content (AvgIpc) is 3.39. The Morgan fingerprint density at radius 1 is 1.17 bits per heavy atom. The fourth-order valence-electron chi connectivity index (χ4n) is 4.31. The molecule has 1 atom stereocenters. The summed E-state index contributed by atoms with van der Waals surface area (Å²) in [5.74, 6) is 0.525. The minimum Gasteiger partial charge on any atom is -0.497 e. The molecular weight excluding hydrogens is 400 g/mol. The standard InChI is InChI=1S/C22H28N4O3S/c1-29-18-10-7-15(8-11-18)9-12-19-24-25-22(30-19)23-21(28)16-13-20(27)26(14-16)17-5-3-2-4-6-17/h7-8,10-11,16-17H,2-6,9,12-14H2,1H3,(H,23,25,28)/t16-/m0/s1. The van der Waals surface area contributed by atoms with E-state index in [9.17, 15) is 9.59 Å². The van der Waals surface area contributed by atoms with Crippen LogP contribution in [0.2, 0.25) is 0 Å². The first kappa shape index (κ1) is 20.8. The lowest BCUT2D eigenvalue weighted by Gasteiger charge is -2.31. The number of rotatable bonds is 7. The summed E-state index contributed by atoms with van der Waals surface area (Å²) >= 11 is 1.40. The molecule has 2 aliphatic rings. The summed E-state index contributed by atoms with van der Waals surface area (Å²) in [5.41, 5.74) is 1.20. The second-order valence-electron chi connectivity index (χ2n) is 8.08. The number of anilines is 1. The van der Waals surface area contributed by atoms with Crippen molar-refractivity contribution in [3.8, 4) is 5.75 Å². The number of benzene rings is 1. The molecule has 1 aromatic heterocycles. The van der Waals surface area contributed by atoms with Gasteiger partial charge in [-0.2, -0.15) is 0 Å². The van der Waals surface area contributed by atoms with Gasteiger partial charge in [-0.1, -0.05) is 42.7 Å².